The minimum Gasteiger partial charge on any atom is -0.497 e. The van der Waals surface area contributed by atoms with E-state index in [1.54, 1.807) is 26.6 Å². The Bertz CT molecular complexity index is 1740. The molecule has 0 amide bonds. The van der Waals surface area contributed by atoms with Crippen LogP contribution in [0, 0.1) is 11.8 Å². The van der Waals surface area contributed by atoms with Gasteiger partial charge < -0.3 is 24.5 Å². The van der Waals surface area contributed by atoms with E-state index in [4.69, 9.17) is 14.5 Å². The standard InChI is InChI=1S/C29H25N7O3/c1-38-22-7-6-21(24(15-22)39-2)16-31-27-25-23(33-18-34-27)17-32-26(35-25)20-5-3-4-19(14-20)8-9-29(37)10-12-36-13-11-30-28(29)36/h3-7,11,13-15,17-18,37H,10,12,16H2,1-2H3,(H,31,33,34)/t29-/m0/s1. The maximum Gasteiger partial charge on any atom is 0.185 e. The van der Waals surface area contributed by atoms with Crippen molar-refractivity contribution in [3.8, 4) is 34.7 Å². The number of rotatable bonds is 6. The molecule has 4 heterocycles. The average molecular weight is 520 g/mol. The Morgan fingerprint density at radius 3 is 2.87 bits per heavy atom. The van der Waals surface area contributed by atoms with Crippen LogP contribution in [0.2, 0.25) is 0 Å². The van der Waals surface area contributed by atoms with Gasteiger partial charge in [0.05, 0.1) is 20.4 Å². The van der Waals surface area contributed by atoms with Crippen molar-refractivity contribution in [3.05, 3.63) is 84.3 Å². The van der Waals surface area contributed by atoms with Crippen LogP contribution < -0.4 is 14.8 Å². The zero-order valence-corrected chi connectivity index (χ0v) is 21.4. The Balaban J connectivity index is 1.28. The predicted octanol–water partition coefficient (Wildman–Crippen LogP) is 3.56. The fourth-order valence-corrected chi connectivity index (χ4v) is 4.58. The summed E-state index contributed by atoms with van der Waals surface area (Å²) in [6.45, 7) is 1.15. The third kappa shape index (κ3) is 4.71. The van der Waals surface area contributed by atoms with Crippen LogP contribution in [0.15, 0.2) is 67.4 Å². The molecule has 0 saturated carbocycles. The number of ether oxygens (including phenoxy) is 2. The summed E-state index contributed by atoms with van der Waals surface area (Å²) in [7, 11) is 3.24. The number of aliphatic hydroxyl groups is 1. The van der Waals surface area contributed by atoms with Crippen LogP contribution in [0.5, 0.6) is 11.5 Å². The van der Waals surface area contributed by atoms with Gasteiger partial charge in [0, 0.05) is 54.7 Å². The molecule has 2 N–H and O–H groups in total. The van der Waals surface area contributed by atoms with Gasteiger partial charge in [0.2, 0.25) is 0 Å². The second-order valence-electron chi connectivity index (χ2n) is 9.07. The highest BCUT2D eigenvalue weighted by molar-refractivity contribution is 5.85. The smallest absolute Gasteiger partial charge is 0.185 e. The molecule has 2 aromatic carbocycles. The lowest BCUT2D eigenvalue weighted by atomic mass is 10.0. The molecule has 6 rings (SSSR count). The fourth-order valence-electron chi connectivity index (χ4n) is 4.58. The maximum absolute atomic E-state index is 11.0. The van der Waals surface area contributed by atoms with Crippen LogP contribution in [0.4, 0.5) is 5.82 Å². The largest absolute Gasteiger partial charge is 0.497 e. The first-order valence-corrected chi connectivity index (χ1v) is 12.4. The topological polar surface area (TPSA) is 120 Å². The van der Waals surface area contributed by atoms with Gasteiger partial charge in [0.25, 0.3) is 0 Å². The molecule has 1 aliphatic rings. The lowest BCUT2D eigenvalue weighted by molar-refractivity contribution is 0.0980. The van der Waals surface area contributed by atoms with Gasteiger partial charge in [-0.15, -0.1) is 0 Å². The molecular weight excluding hydrogens is 494 g/mol. The summed E-state index contributed by atoms with van der Waals surface area (Å²) < 4.78 is 12.7. The molecule has 0 aliphatic carbocycles. The molecule has 1 aliphatic heterocycles. The van der Waals surface area contributed by atoms with Crippen LogP contribution >= 0.6 is 0 Å². The van der Waals surface area contributed by atoms with Crippen LogP contribution in [-0.4, -0.2) is 48.8 Å². The van der Waals surface area contributed by atoms with E-state index in [0.717, 1.165) is 22.4 Å². The van der Waals surface area contributed by atoms with E-state index in [1.165, 1.54) is 6.33 Å². The van der Waals surface area contributed by atoms with E-state index in [1.807, 2.05) is 53.2 Å². The van der Waals surface area contributed by atoms with Gasteiger partial charge in [-0.25, -0.2) is 24.9 Å². The van der Waals surface area contributed by atoms with Crippen molar-refractivity contribution in [2.45, 2.75) is 25.1 Å². The number of benzene rings is 2. The van der Waals surface area contributed by atoms with Gasteiger partial charge in [-0.1, -0.05) is 24.0 Å². The summed E-state index contributed by atoms with van der Waals surface area (Å²) >= 11 is 0. The van der Waals surface area contributed by atoms with Crippen LogP contribution in [0.3, 0.4) is 0 Å². The zero-order valence-electron chi connectivity index (χ0n) is 21.4. The molecule has 0 radical (unpaired) electrons. The summed E-state index contributed by atoms with van der Waals surface area (Å²) in [5, 5.41) is 14.4. The number of hydrogen-bond donors (Lipinski definition) is 2. The van der Waals surface area contributed by atoms with E-state index >= 15 is 0 Å². The number of fused-ring (bicyclic) bond motifs is 2. The van der Waals surface area contributed by atoms with E-state index in [2.05, 4.69) is 37.1 Å². The molecule has 0 fully saturated rings. The Hall–Kier alpha value is -5.01. The first-order chi connectivity index (χ1) is 19.1. The van der Waals surface area contributed by atoms with Crippen LogP contribution in [0.25, 0.3) is 22.4 Å². The van der Waals surface area contributed by atoms with Crippen molar-refractivity contribution in [1.82, 2.24) is 29.5 Å². The van der Waals surface area contributed by atoms with Gasteiger partial charge in [-0.3, -0.25) is 0 Å². The Kier molecular flexibility index (Phi) is 6.26. The molecule has 194 valence electrons. The lowest BCUT2D eigenvalue weighted by Crippen LogP contribution is -2.20. The first-order valence-electron chi connectivity index (χ1n) is 12.4. The number of aromatic nitrogens is 6. The molecule has 1 atom stereocenters. The molecule has 0 saturated heterocycles. The highest BCUT2D eigenvalue weighted by atomic mass is 16.5. The zero-order chi connectivity index (χ0) is 26.8. The SMILES string of the molecule is COc1ccc(CNc2ncnc3cnc(-c4cccc(C#C[C@]5(O)CCn6ccnc65)c4)nc23)c(OC)c1. The highest BCUT2D eigenvalue weighted by Crippen LogP contribution is 2.31. The average Bonchev–Trinajstić information content (AvgIpc) is 3.59. The van der Waals surface area contributed by atoms with Crippen molar-refractivity contribution in [1.29, 1.82) is 0 Å². The quantitative estimate of drug-likeness (QED) is 0.325. The van der Waals surface area contributed by atoms with Crippen molar-refractivity contribution in [2.75, 3.05) is 19.5 Å². The molecule has 39 heavy (non-hydrogen) atoms. The monoisotopic (exact) mass is 519 g/mol. The number of anilines is 1. The van der Waals surface area contributed by atoms with Crippen LogP contribution in [-0.2, 0) is 18.7 Å². The van der Waals surface area contributed by atoms with Crippen molar-refractivity contribution < 1.29 is 14.6 Å². The molecule has 10 nitrogen and oxygen atoms in total. The van der Waals surface area contributed by atoms with Gasteiger partial charge >= 0.3 is 0 Å². The summed E-state index contributed by atoms with van der Waals surface area (Å²) in [6.07, 6.45) is 7.20. The molecule has 0 unspecified atom stereocenters. The minimum absolute atomic E-state index is 0.463. The van der Waals surface area contributed by atoms with Crippen molar-refractivity contribution in [3.63, 3.8) is 0 Å². The predicted molar refractivity (Wildman–Crippen MR) is 145 cm³/mol. The Morgan fingerprint density at radius 2 is 2.00 bits per heavy atom. The molecule has 3 aromatic heterocycles. The highest BCUT2D eigenvalue weighted by Gasteiger charge is 2.37. The number of nitrogens with zero attached hydrogens (tertiary/aromatic N) is 6. The van der Waals surface area contributed by atoms with Gasteiger partial charge in [0.15, 0.2) is 23.1 Å². The number of nitrogens with one attached hydrogen (secondary N) is 1. The number of aryl methyl sites for hydroxylation is 1. The first kappa shape index (κ1) is 24.3. The van der Waals surface area contributed by atoms with Gasteiger partial charge in [0.1, 0.15) is 28.9 Å². The van der Waals surface area contributed by atoms with E-state index in [0.29, 0.717) is 53.8 Å². The second-order valence-corrected chi connectivity index (χ2v) is 9.07. The van der Waals surface area contributed by atoms with E-state index < -0.39 is 5.60 Å². The van der Waals surface area contributed by atoms with Gasteiger partial charge in [-0.05, 0) is 24.3 Å². The third-order valence-electron chi connectivity index (χ3n) is 6.65. The minimum atomic E-state index is -1.26. The van der Waals surface area contributed by atoms with E-state index in [-0.39, 0.29) is 0 Å². The second kappa shape index (κ2) is 10.0. The summed E-state index contributed by atoms with van der Waals surface area (Å²) in [6, 6.07) is 13.3. The maximum atomic E-state index is 11.0. The fraction of sp³-hybridized carbons (Fsp3) is 0.207. The van der Waals surface area contributed by atoms with Crippen molar-refractivity contribution in [2.24, 2.45) is 0 Å². The number of imidazole rings is 1. The summed E-state index contributed by atoms with van der Waals surface area (Å²) in [5.74, 6) is 9.22. The summed E-state index contributed by atoms with van der Waals surface area (Å²) in [5.41, 5.74) is 2.42. The third-order valence-corrected chi connectivity index (χ3v) is 6.65. The van der Waals surface area contributed by atoms with Gasteiger partial charge in [-0.2, -0.15) is 0 Å². The Labute approximate surface area is 224 Å². The molecule has 10 heteroatoms. The molecule has 0 spiro atoms. The summed E-state index contributed by atoms with van der Waals surface area (Å²) in [4.78, 5) is 22.3. The molecule has 0 bridgehead atoms. The van der Waals surface area contributed by atoms with Crippen molar-refractivity contribution >= 4 is 16.9 Å². The normalized spacial score (nSPS) is 15.9. The number of hydrogen-bond acceptors (Lipinski definition) is 9. The van der Waals surface area contributed by atoms with Crippen LogP contribution in [0.1, 0.15) is 23.4 Å². The number of methoxy groups -OCH3 is 2. The Morgan fingerprint density at radius 1 is 1.08 bits per heavy atom. The van der Waals surface area contributed by atoms with E-state index in [9.17, 15) is 5.11 Å². The lowest BCUT2D eigenvalue weighted by Gasteiger charge is -2.13. The molecular formula is C29H25N7O3. The molecule has 5 aromatic rings.